The van der Waals surface area contributed by atoms with E-state index in [9.17, 15) is 9.59 Å². The minimum atomic E-state index is -0.177. The summed E-state index contributed by atoms with van der Waals surface area (Å²) in [4.78, 5) is 39.1. The van der Waals surface area contributed by atoms with Crippen LogP contribution in [0.2, 0.25) is 0 Å². The van der Waals surface area contributed by atoms with Crippen molar-refractivity contribution in [3.8, 4) is 17.2 Å². The summed E-state index contributed by atoms with van der Waals surface area (Å²) in [6, 6.07) is 30.1. The first-order valence-corrected chi connectivity index (χ1v) is 23.4. The van der Waals surface area contributed by atoms with Gasteiger partial charge in [0.05, 0.1) is 69.7 Å². The molecule has 0 saturated carbocycles. The van der Waals surface area contributed by atoms with Gasteiger partial charge in [-0.15, -0.1) is 0 Å². The molecule has 4 aliphatic rings. The Balaban J connectivity index is 0.982. The van der Waals surface area contributed by atoms with E-state index in [-0.39, 0.29) is 37.1 Å². The van der Waals surface area contributed by atoms with Crippen LogP contribution in [-0.2, 0) is 46.7 Å². The number of rotatable bonds is 20. The van der Waals surface area contributed by atoms with E-state index in [4.69, 9.17) is 33.4 Å². The highest BCUT2D eigenvalue weighted by Gasteiger charge is 2.38. The van der Waals surface area contributed by atoms with Gasteiger partial charge in [-0.1, -0.05) is 36.4 Å². The third-order valence-corrected chi connectivity index (χ3v) is 13.0. The number of methoxy groups -OCH3 is 2. The molecule has 14 nitrogen and oxygen atoms in total. The molecule has 0 fully saturated rings. The molecule has 4 aliphatic heterocycles. The average Bonchev–Trinajstić information content (AvgIpc) is 3.84. The Morgan fingerprint density at radius 2 is 1.43 bits per heavy atom. The van der Waals surface area contributed by atoms with Gasteiger partial charge in [0.2, 0.25) is 0 Å². The number of aryl methyl sites for hydroxylation is 2. The lowest BCUT2D eigenvalue weighted by Gasteiger charge is -2.26. The van der Waals surface area contributed by atoms with E-state index in [1.807, 2.05) is 66.3 Å². The molecule has 2 amide bonds. The number of hydrogen-bond acceptors (Lipinski definition) is 12. The molecule has 0 spiro atoms. The third kappa shape index (κ3) is 9.94. The Hall–Kier alpha value is -6.74. The van der Waals surface area contributed by atoms with Crippen LogP contribution in [0.15, 0.2) is 101 Å². The zero-order chi connectivity index (χ0) is 47.1. The second-order valence-electron chi connectivity index (χ2n) is 17.6. The summed E-state index contributed by atoms with van der Waals surface area (Å²) in [5, 5.41) is 4.48. The van der Waals surface area contributed by atoms with Crippen molar-refractivity contribution in [2.75, 3.05) is 82.1 Å². The van der Waals surface area contributed by atoms with E-state index in [1.165, 1.54) is 5.56 Å². The van der Waals surface area contributed by atoms with Crippen molar-refractivity contribution >= 4 is 46.5 Å². The summed E-state index contributed by atoms with van der Waals surface area (Å²) in [6.45, 7) is 7.98. The second kappa shape index (κ2) is 21.1. The Labute approximate surface area is 398 Å². The van der Waals surface area contributed by atoms with E-state index in [0.717, 1.165) is 81.2 Å². The van der Waals surface area contributed by atoms with Crippen molar-refractivity contribution in [1.29, 1.82) is 0 Å². The molecule has 0 radical (unpaired) electrons. The maximum absolute atomic E-state index is 14.1. The highest BCUT2D eigenvalue weighted by molar-refractivity contribution is 6.15. The van der Waals surface area contributed by atoms with Crippen molar-refractivity contribution in [2.45, 2.75) is 64.8 Å². The molecule has 9 rings (SSSR count). The molecule has 4 heterocycles. The van der Waals surface area contributed by atoms with Crippen LogP contribution in [-0.4, -0.2) is 103 Å². The zero-order valence-electron chi connectivity index (χ0n) is 39.6. The highest BCUT2D eigenvalue weighted by atomic mass is 16.5. The van der Waals surface area contributed by atoms with Crippen LogP contribution < -0.4 is 34.3 Å². The number of ether oxygens (including phenoxy) is 6. The molecule has 0 aromatic heterocycles. The van der Waals surface area contributed by atoms with Crippen LogP contribution in [0.3, 0.4) is 0 Å². The molecule has 68 heavy (non-hydrogen) atoms. The van der Waals surface area contributed by atoms with E-state index < -0.39 is 0 Å². The first kappa shape index (κ1) is 46.4. The Morgan fingerprint density at radius 1 is 0.750 bits per heavy atom. The topological polar surface area (TPSA) is 136 Å². The lowest BCUT2D eigenvalue weighted by molar-refractivity contribution is 0.0265. The van der Waals surface area contributed by atoms with Gasteiger partial charge in [-0.2, -0.15) is 5.10 Å². The van der Waals surface area contributed by atoms with Gasteiger partial charge in [0.25, 0.3) is 11.8 Å². The zero-order valence-corrected chi connectivity index (χ0v) is 39.6. The van der Waals surface area contributed by atoms with E-state index >= 15 is 0 Å². The Kier molecular flexibility index (Phi) is 14.4. The Morgan fingerprint density at radius 3 is 2.16 bits per heavy atom. The summed E-state index contributed by atoms with van der Waals surface area (Å²) < 4.78 is 35.9. The molecule has 0 bridgehead atoms. The predicted molar refractivity (Wildman–Crippen MR) is 265 cm³/mol. The minimum Gasteiger partial charge on any atom is -0.493 e. The fourth-order valence-electron chi connectivity index (χ4n) is 9.75. The monoisotopic (exact) mass is 920 g/mol. The van der Waals surface area contributed by atoms with Crippen molar-refractivity contribution in [3.63, 3.8) is 0 Å². The number of nitrogens with zero attached hydrogens (tertiary/aromatic N) is 5. The van der Waals surface area contributed by atoms with Gasteiger partial charge in [-0.05, 0) is 115 Å². The number of carbonyl (C=O) groups excluding carboxylic acids is 2. The largest absolute Gasteiger partial charge is 0.493 e. The van der Waals surface area contributed by atoms with Crippen molar-refractivity contribution < 1.29 is 38.0 Å². The maximum atomic E-state index is 14.1. The molecular weight excluding hydrogens is 861 g/mol. The summed E-state index contributed by atoms with van der Waals surface area (Å²) >= 11 is 0. The van der Waals surface area contributed by atoms with Gasteiger partial charge < -0.3 is 43.6 Å². The number of carbonyl (C=O) groups is 2. The van der Waals surface area contributed by atoms with Crippen LogP contribution in [0.25, 0.3) is 0 Å². The number of fused-ring (bicyclic) bond motifs is 8. The Bertz CT molecular complexity index is 2720. The average molecular weight is 921 g/mol. The van der Waals surface area contributed by atoms with Crippen molar-refractivity contribution in [2.24, 2.45) is 10.1 Å². The summed E-state index contributed by atoms with van der Waals surface area (Å²) in [5.41, 5.74) is 14.5. The molecule has 0 aliphatic carbocycles. The SMILES string of the molecule is CN/N=C(\C)CN(CCOCCOCCOC)c1cc(COc2cc3c(cc2C)C(=O)N2c4ccccc4C[C@H]2CC3)cc(COc2cc3c(cc2OC)C(=O)N2c4ccccc4C[C@H]2C=N3)c1. The fraction of sp³-hybridized carbons (Fsp3) is 0.370. The summed E-state index contributed by atoms with van der Waals surface area (Å²) in [7, 11) is 5.02. The number of hydrazone groups is 1. The molecule has 0 saturated heterocycles. The molecule has 354 valence electrons. The molecule has 1 N–H and O–H groups in total. The van der Waals surface area contributed by atoms with Gasteiger partial charge >= 0.3 is 0 Å². The number of nitrogens with one attached hydrogen (secondary N) is 1. The molecular formula is C54H60N6O8. The predicted octanol–water partition coefficient (Wildman–Crippen LogP) is 8.05. The first-order valence-electron chi connectivity index (χ1n) is 23.4. The maximum Gasteiger partial charge on any atom is 0.261 e. The number of amides is 2. The number of para-hydroxylation sites is 2. The van der Waals surface area contributed by atoms with Crippen LogP contribution in [0.5, 0.6) is 17.2 Å². The number of hydrogen-bond donors (Lipinski definition) is 1. The smallest absolute Gasteiger partial charge is 0.261 e. The fourth-order valence-corrected chi connectivity index (χ4v) is 9.75. The number of aliphatic imine (C=N–C) groups is 1. The van der Waals surface area contributed by atoms with Crippen LogP contribution in [0, 0.1) is 6.92 Å². The lowest BCUT2D eigenvalue weighted by Crippen LogP contribution is -2.37. The van der Waals surface area contributed by atoms with Gasteiger partial charge in [-0.3, -0.25) is 19.5 Å². The molecule has 0 unspecified atom stereocenters. The van der Waals surface area contributed by atoms with E-state index in [2.05, 4.69) is 57.9 Å². The molecule has 2 atom stereocenters. The number of anilines is 3. The van der Waals surface area contributed by atoms with Gasteiger partial charge in [0.1, 0.15) is 19.0 Å². The molecule has 5 aromatic carbocycles. The van der Waals surface area contributed by atoms with Gasteiger partial charge in [0.15, 0.2) is 11.5 Å². The van der Waals surface area contributed by atoms with Crippen molar-refractivity contribution in [3.05, 3.63) is 136 Å². The molecule has 5 aromatic rings. The van der Waals surface area contributed by atoms with Crippen LogP contribution in [0.1, 0.15) is 67.4 Å². The van der Waals surface area contributed by atoms with Gasteiger partial charge in [-0.25, -0.2) is 0 Å². The standard InChI is InChI=1S/C54H60N6O8/c1-35-22-45-39(14-15-42-26-40-10-6-8-12-48(40)59(42)53(45)61)28-50(35)67-33-37-23-38(25-43(24-37)58(32-36(2)57-55-3)16-17-65-20-21-66-19-18-63-4)34-68-52-30-47-46(29-51(52)64-5)54(62)60-44(31-56-47)27-41-11-7-9-13-49(41)60/h6-13,22-25,28-31,42,44,55H,14-21,26-27,32-34H2,1-5H3/b57-36+/t42-,44+/m1/s1. The van der Waals surface area contributed by atoms with E-state index in [0.29, 0.717) is 75.3 Å². The highest BCUT2D eigenvalue weighted by Crippen LogP contribution is 2.42. The molecule has 14 heteroatoms. The quantitative estimate of drug-likeness (QED) is 0.0464. The minimum absolute atomic E-state index is 0.0508. The van der Waals surface area contributed by atoms with Crippen LogP contribution in [0.4, 0.5) is 22.7 Å². The normalized spacial score (nSPS) is 16.8. The van der Waals surface area contributed by atoms with Crippen molar-refractivity contribution in [1.82, 2.24) is 5.43 Å². The second-order valence-corrected chi connectivity index (χ2v) is 17.6. The first-order chi connectivity index (χ1) is 33.2. The van der Waals surface area contributed by atoms with E-state index in [1.54, 1.807) is 33.4 Å². The summed E-state index contributed by atoms with van der Waals surface area (Å²) in [6.07, 6.45) is 5.09. The lowest BCUT2D eigenvalue weighted by atomic mass is 9.98. The third-order valence-electron chi connectivity index (χ3n) is 13.0. The summed E-state index contributed by atoms with van der Waals surface area (Å²) in [5.74, 6) is 1.57. The van der Waals surface area contributed by atoms with Gasteiger partial charge in [0, 0.05) is 68.1 Å². The number of benzene rings is 5. The van der Waals surface area contributed by atoms with Crippen LogP contribution >= 0.6 is 0 Å².